The highest BCUT2D eigenvalue weighted by Gasteiger charge is 2.39. The van der Waals surface area contributed by atoms with Gasteiger partial charge in [-0.3, -0.25) is 14.3 Å². The number of carbonyl (C=O) groups is 3. The molecule has 1 aromatic heterocycles. The molecule has 7 nitrogen and oxygen atoms in total. The third-order valence-electron chi connectivity index (χ3n) is 4.25. The van der Waals surface area contributed by atoms with Gasteiger partial charge in [-0.2, -0.15) is 5.10 Å². The molecule has 0 fully saturated rings. The molecule has 4 rings (SSSR count). The van der Waals surface area contributed by atoms with Crippen molar-refractivity contribution >= 4 is 17.8 Å². The number of nitrogens with zero attached hydrogens (tertiary/aromatic N) is 3. The van der Waals surface area contributed by atoms with Gasteiger partial charge in [0.25, 0.3) is 11.8 Å². The molecule has 2 heterocycles. The van der Waals surface area contributed by atoms with Gasteiger partial charge in [0.1, 0.15) is 0 Å². The topological polar surface area (TPSA) is 81.5 Å². The molecule has 0 unspecified atom stereocenters. The van der Waals surface area contributed by atoms with E-state index in [0.717, 1.165) is 12.0 Å². The zero-order chi connectivity index (χ0) is 18.8. The maximum absolute atomic E-state index is 12.3. The summed E-state index contributed by atoms with van der Waals surface area (Å²) in [5.74, 6) is -2.18. The molecular formula is C20H15N3O4. The van der Waals surface area contributed by atoms with E-state index in [1.54, 1.807) is 23.0 Å². The average molecular weight is 361 g/mol. The van der Waals surface area contributed by atoms with Crippen LogP contribution in [0.25, 0.3) is 0 Å². The summed E-state index contributed by atoms with van der Waals surface area (Å²) >= 11 is 0. The maximum atomic E-state index is 12.3. The molecule has 0 aliphatic carbocycles. The van der Waals surface area contributed by atoms with Crippen LogP contribution in [0.2, 0.25) is 0 Å². The smallest absolute Gasteiger partial charge is 0.322 e. The number of aromatic nitrogens is 2. The average Bonchev–Trinajstić information content (AvgIpc) is 3.27. The van der Waals surface area contributed by atoms with Gasteiger partial charge in [-0.25, -0.2) is 4.79 Å². The summed E-state index contributed by atoms with van der Waals surface area (Å²) in [7, 11) is 0. The molecule has 1 aliphatic heterocycles. The second-order valence-corrected chi connectivity index (χ2v) is 6.03. The molecule has 0 saturated heterocycles. The van der Waals surface area contributed by atoms with Gasteiger partial charge in [0, 0.05) is 12.7 Å². The number of hydroxylamine groups is 2. The lowest BCUT2D eigenvalue weighted by Gasteiger charge is -2.11. The van der Waals surface area contributed by atoms with Crippen LogP contribution in [-0.4, -0.2) is 32.6 Å². The molecule has 2 amide bonds. The second kappa shape index (κ2) is 6.87. The fourth-order valence-corrected chi connectivity index (χ4v) is 2.86. The highest BCUT2D eigenvalue weighted by atomic mass is 16.7. The molecule has 0 N–H and O–H groups in total. The number of imide groups is 1. The Morgan fingerprint density at radius 2 is 1.52 bits per heavy atom. The van der Waals surface area contributed by atoms with Gasteiger partial charge in [-0.05, 0) is 30.2 Å². The van der Waals surface area contributed by atoms with Gasteiger partial charge in [0.15, 0.2) is 5.69 Å². The van der Waals surface area contributed by atoms with Gasteiger partial charge in [-0.15, -0.1) is 0 Å². The first-order valence-electron chi connectivity index (χ1n) is 8.41. The number of carbonyl (C=O) groups excluding carboxylic acids is 3. The Labute approximate surface area is 154 Å². The summed E-state index contributed by atoms with van der Waals surface area (Å²) < 4.78 is 1.62. The van der Waals surface area contributed by atoms with Crippen LogP contribution in [0.15, 0.2) is 66.9 Å². The lowest BCUT2D eigenvalue weighted by Crippen LogP contribution is -2.32. The van der Waals surface area contributed by atoms with Crippen molar-refractivity contribution in [2.24, 2.45) is 0 Å². The van der Waals surface area contributed by atoms with Gasteiger partial charge in [-0.1, -0.05) is 47.5 Å². The van der Waals surface area contributed by atoms with Crippen LogP contribution >= 0.6 is 0 Å². The molecule has 2 aromatic carbocycles. The second-order valence-electron chi connectivity index (χ2n) is 6.03. The normalized spacial score (nSPS) is 13.0. The summed E-state index contributed by atoms with van der Waals surface area (Å²) in [6.07, 6.45) is 2.41. The number of hydrogen-bond donors (Lipinski definition) is 0. The summed E-state index contributed by atoms with van der Waals surface area (Å²) in [6.45, 7) is 0.588. The van der Waals surface area contributed by atoms with Crippen LogP contribution in [0.5, 0.6) is 0 Å². The van der Waals surface area contributed by atoms with Crippen LogP contribution in [-0.2, 0) is 17.8 Å². The minimum Gasteiger partial charge on any atom is -0.322 e. The van der Waals surface area contributed by atoms with E-state index < -0.39 is 17.8 Å². The number of rotatable bonds is 5. The minimum absolute atomic E-state index is 0.0274. The Bertz CT molecular complexity index is 991. The molecule has 0 atom stereocenters. The molecule has 0 spiro atoms. The van der Waals surface area contributed by atoms with Crippen molar-refractivity contribution < 1.29 is 19.2 Å². The predicted octanol–water partition coefficient (Wildman–Crippen LogP) is 2.49. The third-order valence-corrected chi connectivity index (χ3v) is 4.25. The lowest BCUT2D eigenvalue weighted by molar-refractivity contribution is -0.0589. The van der Waals surface area contributed by atoms with Crippen molar-refractivity contribution in [1.82, 2.24) is 14.8 Å². The van der Waals surface area contributed by atoms with Gasteiger partial charge < -0.3 is 4.84 Å². The van der Waals surface area contributed by atoms with E-state index in [1.165, 1.54) is 18.2 Å². The van der Waals surface area contributed by atoms with Gasteiger partial charge in [0.05, 0.1) is 11.1 Å². The van der Waals surface area contributed by atoms with E-state index in [-0.39, 0.29) is 16.8 Å². The van der Waals surface area contributed by atoms with Crippen LogP contribution in [0.3, 0.4) is 0 Å². The summed E-state index contributed by atoms with van der Waals surface area (Å²) in [5.41, 5.74) is 1.61. The van der Waals surface area contributed by atoms with Crippen molar-refractivity contribution in [3.05, 3.63) is 89.2 Å². The number of aryl methyl sites for hydroxylation is 2. The Morgan fingerprint density at radius 3 is 2.19 bits per heavy atom. The van der Waals surface area contributed by atoms with Crippen molar-refractivity contribution in [2.75, 3.05) is 0 Å². The standard InChI is InChI=1S/C20H15N3O4/c24-18-15-8-4-5-9-16(15)19(25)23(18)27-20(26)17-11-13-22(21-17)12-10-14-6-2-1-3-7-14/h1-9,11,13H,10,12H2. The Kier molecular flexibility index (Phi) is 4.25. The summed E-state index contributed by atoms with van der Waals surface area (Å²) in [5, 5.41) is 4.64. The molecule has 27 heavy (non-hydrogen) atoms. The van der Waals surface area contributed by atoms with E-state index in [0.29, 0.717) is 11.6 Å². The Hall–Kier alpha value is -3.74. The van der Waals surface area contributed by atoms with Crippen LogP contribution in [0.1, 0.15) is 36.8 Å². The van der Waals surface area contributed by atoms with Crippen molar-refractivity contribution in [2.45, 2.75) is 13.0 Å². The van der Waals surface area contributed by atoms with E-state index in [4.69, 9.17) is 4.84 Å². The first-order valence-corrected chi connectivity index (χ1v) is 8.41. The molecular weight excluding hydrogens is 346 g/mol. The summed E-state index contributed by atoms with van der Waals surface area (Å²) in [4.78, 5) is 41.8. The van der Waals surface area contributed by atoms with Gasteiger partial charge in [0.2, 0.25) is 0 Å². The van der Waals surface area contributed by atoms with Crippen molar-refractivity contribution in [3.8, 4) is 0 Å². The minimum atomic E-state index is -0.858. The van der Waals surface area contributed by atoms with E-state index >= 15 is 0 Å². The molecule has 0 saturated carbocycles. The van der Waals surface area contributed by atoms with Crippen LogP contribution < -0.4 is 0 Å². The molecule has 3 aromatic rings. The van der Waals surface area contributed by atoms with E-state index in [9.17, 15) is 14.4 Å². The van der Waals surface area contributed by atoms with E-state index in [2.05, 4.69) is 5.10 Å². The third kappa shape index (κ3) is 3.22. The van der Waals surface area contributed by atoms with Crippen LogP contribution in [0.4, 0.5) is 0 Å². The first kappa shape index (κ1) is 16.7. The van der Waals surface area contributed by atoms with Gasteiger partial charge >= 0.3 is 5.97 Å². The fourth-order valence-electron chi connectivity index (χ4n) is 2.86. The quantitative estimate of drug-likeness (QED) is 0.652. The Balaban J connectivity index is 1.42. The molecule has 134 valence electrons. The molecule has 7 heteroatoms. The molecule has 0 bridgehead atoms. The lowest BCUT2D eigenvalue weighted by atomic mass is 10.1. The number of fused-ring (bicyclic) bond motifs is 1. The Morgan fingerprint density at radius 1 is 0.889 bits per heavy atom. The molecule has 0 radical (unpaired) electrons. The van der Waals surface area contributed by atoms with E-state index in [1.807, 2.05) is 30.3 Å². The highest BCUT2D eigenvalue weighted by Crippen LogP contribution is 2.23. The zero-order valence-electron chi connectivity index (χ0n) is 14.2. The SMILES string of the molecule is O=C(ON1C(=O)c2ccccc2C1=O)c1ccn(CCc2ccccc2)n1. The van der Waals surface area contributed by atoms with Crippen LogP contribution in [0, 0.1) is 0 Å². The summed E-state index contributed by atoms with van der Waals surface area (Å²) in [6, 6.07) is 17.7. The zero-order valence-corrected chi connectivity index (χ0v) is 14.2. The van der Waals surface area contributed by atoms with Crippen molar-refractivity contribution in [1.29, 1.82) is 0 Å². The predicted molar refractivity (Wildman–Crippen MR) is 94.7 cm³/mol. The largest absolute Gasteiger partial charge is 0.384 e. The highest BCUT2D eigenvalue weighted by molar-refractivity contribution is 6.21. The number of benzene rings is 2. The maximum Gasteiger partial charge on any atom is 0.384 e. The monoisotopic (exact) mass is 361 g/mol. The number of amides is 2. The fraction of sp³-hybridized carbons (Fsp3) is 0.100. The van der Waals surface area contributed by atoms with Crippen molar-refractivity contribution in [3.63, 3.8) is 0 Å². The molecule has 1 aliphatic rings. The number of hydrogen-bond acceptors (Lipinski definition) is 5. The first-order chi connectivity index (χ1) is 13.1.